The van der Waals surface area contributed by atoms with Crippen molar-refractivity contribution in [2.24, 2.45) is 0 Å². The molecule has 0 aliphatic carbocycles. The van der Waals surface area contributed by atoms with E-state index >= 15 is 0 Å². The normalized spacial score (nSPS) is 12.2. The molecule has 0 saturated heterocycles. The van der Waals surface area contributed by atoms with Crippen LogP contribution in [-0.4, -0.2) is 34.8 Å². The van der Waals surface area contributed by atoms with Crippen LogP contribution in [0, 0.1) is 13.8 Å². The number of carbonyl (C=O) groups is 2. The van der Waals surface area contributed by atoms with E-state index in [-0.39, 0.29) is 24.3 Å². The minimum Gasteiger partial charge on any atom is -0.469 e. The Labute approximate surface area is 147 Å². The summed E-state index contributed by atoms with van der Waals surface area (Å²) in [5.74, 6) is -0.615. The van der Waals surface area contributed by atoms with Gasteiger partial charge in [0.05, 0.1) is 24.9 Å². The second-order valence-electron chi connectivity index (χ2n) is 5.86. The summed E-state index contributed by atoms with van der Waals surface area (Å²) in [5.41, 5.74) is 3.67. The number of aromatic nitrogens is 2. The first kappa shape index (κ1) is 18.4. The number of methoxy groups -OCH3 is 1. The number of amides is 1. The van der Waals surface area contributed by atoms with Gasteiger partial charge in [0.2, 0.25) is 5.91 Å². The minimum atomic E-state index is -0.354. The van der Waals surface area contributed by atoms with E-state index in [4.69, 9.17) is 0 Å². The first-order chi connectivity index (χ1) is 11.9. The highest BCUT2D eigenvalue weighted by atomic mass is 16.5. The monoisotopic (exact) mass is 341 g/mol. The van der Waals surface area contributed by atoms with Gasteiger partial charge in [-0.1, -0.05) is 18.2 Å². The molecule has 1 atom stereocenters. The zero-order valence-electron chi connectivity index (χ0n) is 14.9. The van der Waals surface area contributed by atoms with Crippen LogP contribution in [0.3, 0.4) is 0 Å². The van der Waals surface area contributed by atoms with Crippen molar-refractivity contribution in [3.8, 4) is 5.69 Å². The fraction of sp³-hybridized carbons (Fsp3) is 0.316. The average molecular weight is 341 g/mol. The molecule has 0 aliphatic heterocycles. The number of hydrogen-bond donors (Lipinski definition) is 1. The lowest BCUT2D eigenvalue weighted by molar-refractivity contribution is -0.141. The molecule has 0 saturated carbocycles. The van der Waals surface area contributed by atoms with Crippen LogP contribution < -0.4 is 5.32 Å². The van der Waals surface area contributed by atoms with Gasteiger partial charge in [0.15, 0.2) is 0 Å². The van der Waals surface area contributed by atoms with Crippen molar-refractivity contribution in [2.75, 3.05) is 7.11 Å². The van der Waals surface area contributed by atoms with Gasteiger partial charge in [0.25, 0.3) is 0 Å². The van der Waals surface area contributed by atoms with E-state index in [9.17, 15) is 9.59 Å². The third kappa shape index (κ3) is 4.79. The molecule has 1 amide bonds. The van der Waals surface area contributed by atoms with Crippen molar-refractivity contribution in [2.45, 2.75) is 33.2 Å². The number of hydrogen-bond acceptors (Lipinski definition) is 4. The van der Waals surface area contributed by atoms with Gasteiger partial charge in [0.1, 0.15) is 0 Å². The van der Waals surface area contributed by atoms with Crippen molar-refractivity contribution in [3.05, 3.63) is 53.4 Å². The summed E-state index contributed by atoms with van der Waals surface area (Å²) in [5, 5.41) is 7.28. The van der Waals surface area contributed by atoms with Crippen molar-refractivity contribution < 1.29 is 14.3 Å². The molecular formula is C19H23N3O3. The zero-order valence-corrected chi connectivity index (χ0v) is 14.9. The summed E-state index contributed by atoms with van der Waals surface area (Å²) < 4.78 is 6.44. The van der Waals surface area contributed by atoms with Crippen LogP contribution in [-0.2, 0) is 14.3 Å². The summed E-state index contributed by atoms with van der Waals surface area (Å²) in [6.07, 6.45) is 3.34. The van der Waals surface area contributed by atoms with E-state index < -0.39 is 0 Å². The Morgan fingerprint density at radius 1 is 1.28 bits per heavy atom. The molecule has 1 N–H and O–H groups in total. The molecule has 0 radical (unpaired) electrons. The van der Waals surface area contributed by atoms with E-state index in [1.54, 1.807) is 13.0 Å². The van der Waals surface area contributed by atoms with Crippen LogP contribution in [0.4, 0.5) is 0 Å². The summed E-state index contributed by atoms with van der Waals surface area (Å²) in [4.78, 5) is 23.2. The van der Waals surface area contributed by atoms with Gasteiger partial charge in [-0.3, -0.25) is 9.59 Å². The lowest BCUT2D eigenvalue weighted by atomic mass is 10.1. The van der Waals surface area contributed by atoms with Crippen molar-refractivity contribution in [3.63, 3.8) is 0 Å². The SMILES string of the molecule is COC(=O)CC(C)NC(=O)/C=C/c1c(C)nn(-c2ccccc2)c1C. The molecule has 0 bridgehead atoms. The molecule has 1 aromatic heterocycles. The van der Waals surface area contributed by atoms with Crippen LogP contribution in [0.25, 0.3) is 11.8 Å². The van der Waals surface area contributed by atoms with Crippen molar-refractivity contribution in [1.29, 1.82) is 0 Å². The van der Waals surface area contributed by atoms with Gasteiger partial charge in [0, 0.05) is 23.4 Å². The number of nitrogens with one attached hydrogen (secondary N) is 1. The molecule has 25 heavy (non-hydrogen) atoms. The quantitative estimate of drug-likeness (QED) is 0.647. The first-order valence-corrected chi connectivity index (χ1v) is 8.09. The number of ether oxygens (including phenoxy) is 1. The number of carbonyl (C=O) groups excluding carboxylic acids is 2. The predicted molar refractivity (Wildman–Crippen MR) is 96.3 cm³/mol. The van der Waals surface area contributed by atoms with Gasteiger partial charge in [-0.2, -0.15) is 5.10 Å². The number of aryl methyl sites for hydroxylation is 1. The van der Waals surface area contributed by atoms with Gasteiger partial charge in [-0.15, -0.1) is 0 Å². The van der Waals surface area contributed by atoms with Crippen LogP contribution in [0.1, 0.15) is 30.3 Å². The van der Waals surface area contributed by atoms with Crippen LogP contribution in [0.5, 0.6) is 0 Å². The minimum absolute atomic E-state index is 0.139. The van der Waals surface area contributed by atoms with Crippen LogP contribution in [0.15, 0.2) is 36.4 Å². The van der Waals surface area contributed by atoms with E-state index in [1.165, 1.54) is 13.2 Å². The summed E-state index contributed by atoms with van der Waals surface area (Å²) in [6.45, 7) is 5.63. The van der Waals surface area contributed by atoms with E-state index in [0.29, 0.717) is 0 Å². The summed E-state index contributed by atoms with van der Waals surface area (Å²) in [6, 6.07) is 9.53. The van der Waals surface area contributed by atoms with E-state index in [2.05, 4.69) is 15.2 Å². The number of para-hydroxylation sites is 1. The van der Waals surface area contributed by atoms with Gasteiger partial charge >= 0.3 is 5.97 Å². The average Bonchev–Trinajstić information content (AvgIpc) is 2.87. The highest BCUT2D eigenvalue weighted by molar-refractivity contribution is 5.92. The fourth-order valence-corrected chi connectivity index (χ4v) is 2.55. The Kier molecular flexibility index (Phi) is 6.11. The van der Waals surface area contributed by atoms with Gasteiger partial charge < -0.3 is 10.1 Å². The largest absolute Gasteiger partial charge is 0.469 e. The molecule has 132 valence electrons. The second-order valence-corrected chi connectivity index (χ2v) is 5.86. The maximum Gasteiger partial charge on any atom is 0.307 e. The number of rotatable bonds is 6. The van der Waals surface area contributed by atoms with Crippen LogP contribution in [0.2, 0.25) is 0 Å². The molecule has 0 fully saturated rings. The fourth-order valence-electron chi connectivity index (χ4n) is 2.55. The molecule has 6 nitrogen and oxygen atoms in total. The van der Waals surface area contributed by atoms with Crippen molar-refractivity contribution in [1.82, 2.24) is 15.1 Å². The van der Waals surface area contributed by atoms with Gasteiger partial charge in [-0.05, 0) is 39.0 Å². The second kappa shape index (κ2) is 8.28. The molecular weight excluding hydrogens is 318 g/mol. The standard InChI is InChI=1S/C19H23N3O3/c1-13(12-19(24)25-4)20-18(23)11-10-17-14(2)21-22(15(17)3)16-8-6-5-7-9-16/h5-11,13H,12H2,1-4H3,(H,20,23)/b11-10+. The molecule has 0 aliphatic rings. The van der Waals surface area contributed by atoms with Gasteiger partial charge in [-0.25, -0.2) is 4.68 Å². The maximum atomic E-state index is 12.0. The number of esters is 1. The van der Waals surface area contributed by atoms with E-state index in [0.717, 1.165) is 22.6 Å². The lowest BCUT2D eigenvalue weighted by Gasteiger charge is -2.10. The number of benzene rings is 1. The maximum absolute atomic E-state index is 12.0. The lowest BCUT2D eigenvalue weighted by Crippen LogP contribution is -2.33. The zero-order chi connectivity index (χ0) is 18.4. The number of nitrogens with zero attached hydrogens (tertiary/aromatic N) is 2. The molecule has 1 unspecified atom stereocenters. The van der Waals surface area contributed by atoms with E-state index in [1.807, 2.05) is 48.9 Å². The molecule has 1 aromatic carbocycles. The van der Waals surface area contributed by atoms with Crippen molar-refractivity contribution >= 4 is 18.0 Å². The molecule has 2 rings (SSSR count). The third-order valence-electron chi connectivity index (χ3n) is 3.84. The highest BCUT2D eigenvalue weighted by Crippen LogP contribution is 2.19. The predicted octanol–water partition coefficient (Wildman–Crippen LogP) is 2.57. The summed E-state index contributed by atoms with van der Waals surface area (Å²) in [7, 11) is 1.33. The smallest absolute Gasteiger partial charge is 0.307 e. The Morgan fingerprint density at radius 3 is 2.60 bits per heavy atom. The highest BCUT2D eigenvalue weighted by Gasteiger charge is 2.12. The van der Waals surface area contributed by atoms with Crippen LogP contribution >= 0.6 is 0 Å². The third-order valence-corrected chi connectivity index (χ3v) is 3.84. The molecule has 1 heterocycles. The first-order valence-electron chi connectivity index (χ1n) is 8.09. The molecule has 2 aromatic rings. The Balaban J connectivity index is 2.10. The molecule has 6 heteroatoms. The Morgan fingerprint density at radius 2 is 1.96 bits per heavy atom. The topological polar surface area (TPSA) is 73.2 Å². The Bertz CT molecular complexity index is 779. The molecule has 0 spiro atoms. The Hall–Kier alpha value is -2.89. The summed E-state index contributed by atoms with van der Waals surface area (Å²) >= 11 is 0.